The molecule has 7 heteroatoms. The van der Waals surface area contributed by atoms with Crippen LogP contribution in [0.3, 0.4) is 0 Å². The zero-order valence-electron chi connectivity index (χ0n) is 16.7. The van der Waals surface area contributed by atoms with Crippen molar-refractivity contribution in [2.24, 2.45) is 0 Å². The molecule has 31 heavy (non-hydrogen) atoms. The average Bonchev–Trinajstić information content (AvgIpc) is 2.79. The Hall–Kier alpha value is -3.32. The quantitative estimate of drug-likeness (QED) is 0.304. The van der Waals surface area contributed by atoms with Gasteiger partial charge in [-0.3, -0.25) is 4.79 Å². The van der Waals surface area contributed by atoms with E-state index in [0.29, 0.717) is 22.1 Å². The molecule has 0 fully saturated rings. The van der Waals surface area contributed by atoms with Gasteiger partial charge in [0.2, 0.25) is 5.91 Å². The number of carbonyl (C=O) groups is 1. The summed E-state index contributed by atoms with van der Waals surface area (Å²) in [6, 6.07) is 17.6. The normalized spacial score (nSPS) is 10.9. The molecule has 4 rings (SSSR count). The Morgan fingerprint density at radius 2 is 1.61 bits per heavy atom. The number of halogens is 2. The van der Waals surface area contributed by atoms with Crippen molar-refractivity contribution >= 4 is 34.3 Å². The molecule has 156 valence electrons. The highest BCUT2D eigenvalue weighted by Crippen LogP contribution is 2.29. The van der Waals surface area contributed by atoms with Crippen LogP contribution in [-0.4, -0.2) is 21.6 Å². The summed E-state index contributed by atoms with van der Waals surface area (Å²) >= 11 is 1.30. The van der Waals surface area contributed by atoms with E-state index in [1.807, 2.05) is 18.2 Å². The van der Waals surface area contributed by atoms with E-state index in [1.54, 1.807) is 12.1 Å². The molecule has 0 aliphatic heterocycles. The van der Waals surface area contributed by atoms with E-state index in [2.05, 4.69) is 22.2 Å². The summed E-state index contributed by atoms with van der Waals surface area (Å²) in [5.41, 5.74) is 3.12. The molecule has 0 aliphatic rings. The first-order chi connectivity index (χ1) is 15.0. The second kappa shape index (κ2) is 9.22. The summed E-state index contributed by atoms with van der Waals surface area (Å²) in [5.74, 6) is -0.316. The van der Waals surface area contributed by atoms with E-state index in [-0.39, 0.29) is 23.3 Å². The van der Waals surface area contributed by atoms with Crippen molar-refractivity contribution in [1.82, 2.24) is 9.97 Å². The van der Waals surface area contributed by atoms with Gasteiger partial charge in [-0.1, -0.05) is 24.8 Å². The summed E-state index contributed by atoms with van der Waals surface area (Å²) < 4.78 is 26.4. The number of benzene rings is 3. The zero-order valence-corrected chi connectivity index (χ0v) is 17.5. The van der Waals surface area contributed by atoms with Crippen LogP contribution in [0.1, 0.15) is 12.5 Å². The molecule has 1 amide bonds. The number of carbonyl (C=O) groups excluding carboxylic acids is 1. The minimum atomic E-state index is -0.361. The summed E-state index contributed by atoms with van der Waals surface area (Å²) in [4.78, 5) is 21.7. The standard InChI is InChI=1S/C24H19F2N3OS/c1-2-15-3-12-21-20(13-15)24(29-23(28-21)16-4-6-17(25)7-5-16)31-14-22(30)27-19-10-8-18(26)9-11-19/h3-13H,2,14H2,1H3,(H,27,30). The SMILES string of the molecule is CCc1ccc2nc(-c3ccc(F)cc3)nc(SCC(=O)Nc3ccc(F)cc3)c2c1. The van der Waals surface area contributed by atoms with E-state index < -0.39 is 0 Å². The summed E-state index contributed by atoms with van der Waals surface area (Å²) in [6.45, 7) is 2.07. The highest BCUT2D eigenvalue weighted by atomic mass is 32.2. The van der Waals surface area contributed by atoms with Gasteiger partial charge in [-0.15, -0.1) is 0 Å². The lowest BCUT2D eigenvalue weighted by atomic mass is 10.1. The highest BCUT2D eigenvalue weighted by molar-refractivity contribution is 8.00. The number of nitrogens with one attached hydrogen (secondary N) is 1. The van der Waals surface area contributed by atoms with Crippen molar-refractivity contribution in [2.75, 3.05) is 11.1 Å². The van der Waals surface area contributed by atoms with Gasteiger partial charge in [0.1, 0.15) is 16.7 Å². The molecule has 4 nitrogen and oxygen atoms in total. The number of anilines is 1. The van der Waals surface area contributed by atoms with Crippen molar-refractivity contribution < 1.29 is 13.6 Å². The van der Waals surface area contributed by atoms with Crippen LogP contribution in [0.5, 0.6) is 0 Å². The number of aromatic nitrogens is 2. The van der Waals surface area contributed by atoms with Crippen molar-refractivity contribution in [3.05, 3.63) is 83.9 Å². The van der Waals surface area contributed by atoms with Crippen LogP contribution in [0, 0.1) is 11.6 Å². The van der Waals surface area contributed by atoms with Crippen molar-refractivity contribution in [3.8, 4) is 11.4 Å². The van der Waals surface area contributed by atoms with E-state index in [1.165, 1.54) is 48.2 Å². The Kier molecular flexibility index (Phi) is 6.23. The van der Waals surface area contributed by atoms with Crippen LogP contribution < -0.4 is 5.32 Å². The first-order valence-corrected chi connectivity index (χ1v) is 10.7. The van der Waals surface area contributed by atoms with Crippen molar-refractivity contribution in [1.29, 1.82) is 0 Å². The van der Waals surface area contributed by atoms with E-state index in [0.717, 1.165) is 22.9 Å². The van der Waals surface area contributed by atoms with Gasteiger partial charge in [-0.2, -0.15) is 0 Å². The van der Waals surface area contributed by atoms with Gasteiger partial charge >= 0.3 is 0 Å². The third-order valence-corrected chi connectivity index (χ3v) is 5.69. The maximum absolute atomic E-state index is 13.3. The molecule has 0 saturated carbocycles. The lowest BCUT2D eigenvalue weighted by molar-refractivity contribution is -0.113. The van der Waals surface area contributed by atoms with Crippen molar-refractivity contribution in [2.45, 2.75) is 18.4 Å². The molecule has 1 heterocycles. The second-order valence-electron chi connectivity index (χ2n) is 6.91. The molecule has 0 saturated heterocycles. The van der Waals surface area contributed by atoms with Crippen LogP contribution in [0.2, 0.25) is 0 Å². The topological polar surface area (TPSA) is 54.9 Å². The van der Waals surface area contributed by atoms with Gasteiger partial charge in [0, 0.05) is 16.6 Å². The largest absolute Gasteiger partial charge is 0.325 e. The number of amides is 1. The molecule has 3 aromatic carbocycles. The number of nitrogens with zero attached hydrogens (tertiary/aromatic N) is 2. The third kappa shape index (κ3) is 5.06. The zero-order chi connectivity index (χ0) is 21.8. The maximum Gasteiger partial charge on any atom is 0.234 e. The summed E-state index contributed by atoms with van der Waals surface area (Å²) in [7, 11) is 0. The summed E-state index contributed by atoms with van der Waals surface area (Å²) in [6.07, 6.45) is 0.866. The molecule has 1 N–H and O–H groups in total. The minimum Gasteiger partial charge on any atom is -0.325 e. The molecule has 0 spiro atoms. The fourth-order valence-electron chi connectivity index (χ4n) is 3.07. The van der Waals surface area contributed by atoms with E-state index >= 15 is 0 Å². The van der Waals surface area contributed by atoms with Crippen LogP contribution in [-0.2, 0) is 11.2 Å². The predicted octanol–water partition coefficient (Wildman–Crippen LogP) is 5.87. The summed E-state index contributed by atoms with van der Waals surface area (Å²) in [5, 5.41) is 4.29. The average molecular weight is 435 g/mol. The third-order valence-electron chi connectivity index (χ3n) is 4.70. The molecule has 0 atom stereocenters. The van der Waals surface area contributed by atoms with Gasteiger partial charge in [0.25, 0.3) is 0 Å². The van der Waals surface area contributed by atoms with E-state index in [4.69, 9.17) is 0 Å². The van der Waals surface area contributed by atoms with Gasteiger partial charge in [0.15, 0.2) is 5.82 Å². The Labute approximate surface area is 182 Å². The first kappa shape index (κ1) is 20.9. The fraction of sp³-hybridized carbons (Fsp3) is 0.125. The van der Waals surface area contributed by atoms with Crippen LogP contribution >= 0.6 is 11.8 Å². The van der Waals surface area contributed by atoms with Gasteiger partial charge in [-0.05, 0) is 72.6 Å². The Morgan fingerprint density at radius 3 is 2.29 bits per heavy atom. The number of thioether (sulfide) groups is 1. The molecular formula is C24H19F2N3OS. The molecule has 4 aromatic rings. The smallest absolute Gasteiger partial charge is 0.234 e. The van der Waals surface area contributed by atoms with Crippen LogP contribution in [0.25, 0.3) is 22.3 Å². The monoisotopic (exact) mass is 435 g/mol. The fourth-order valence-corrected chi connectivity index (χ4v) is 3.88. The number of hydrogen-bond acceptors (Lipinski definition) is 4. The first-order valence-electron chi connectivity index (χ1n) is 9.76. The lowest BCUT2D eigenvalue weighted by Crippen LogP contribution is -2.14. The van der Waals surface area contributed by atoms with E-state index in [9.17, 15) is 13.6 Å². The number of aryl methyl sites for hydroxylation is 1. The molecular weight excluding hydrogens is 416 g/mol. The van der Waals surface area contributed by atoms with Gasteiger partial charge in [0.05, 0.1) is 11.3 Å². The Balaban J connectivity index is 1.62. The Bertz CT molecular complexity index is 1230. The predicted molar refractivity (Wildman–Crippen MR) is 120 cm³/mol. The minimum absolute atomic E-state index is 0.128. The van der Waals surface area contributed by atoms with Crippen LogP contribution in [0.4, 0.5) is 14.5 Å². The second-order valence-corrected chi connectivity index (χ2v) is 7.87. The number of fused-ring (bicyclic) bond motifs is 1. The maximum atomic E-state index is 13.3. The Morgan fingerprint density at radius 1 is 0.935 bits per heavy atom. The molecule has 0 aliphatic carbocycles. The van der Waals surface area contributed by atoms with Crippen LogP contribution in [0.15, 0.2) is 71.8 Å². The molecule has 0 radical (unpaired) electrons. The molecule has 0 bridgehead atoms. The van der Waals surface area contributed by atoms with Gasteiger partial charge in [-0.25, -0.2) is 18.7 Å². The molecule has 0 unspecified atom stereocenters. The number of hydrogen-bond donors (Lipinski definition) is 1. The van der Waals surface area contributed by atoms with Gasteiger partial charge < -0.3 is 5.32 Å². The van der Waals surface area contributed by atoms with Crippen molar-refractivity contribution in [3.63, 3.8) is 0 Å². The highest BCUT2D eigenvalue weighted by Gasteiger charge is 2.13. The number of rotatable bonds is 6. The lowest BCUT2D eigenvalue weighted by Gasteiger charge is -2.10. The molecule has 1 aromatic heterocycles.